The van der Waals surface area contributed by atoms with Gasteiger partial charge in [-0.25, -0.2) is 9.67 Å². The summed E-state index contributed by atoms with van der Waals surface area (Å²) in [6.45, 7) is 6.23. The van der Waals surface area contributed by atoms with E-state index in [9.17, 15) is 4.79 Å². The van der Waals surface area contributed by atoms with E-state index in [2.05, 4.69) is 35.8 Å². The Kier molecular flexibility index (Phi) is 2.83. The third-order valence-corrected chi connectivity index (χ3v) is 3.37. The Labute approximate surface area is 121 Å². The number of H-pyrrole nitrogens is 1. The first-order chi connectivity index (χ1) is 9.86. The van der Waals surface area contributed by atoms with Crippen LogP contribution in [0.15, 0.2) is 35.4 Å². The van der Waals surface area contributed by atoms with Gasteiger partial charge in [-0.1, -0.05) is 20.8 Å². The van der Waals surface area contributed by atoms with Crippen LogP contribution >= 0.6 is 0 Å². The Morgan fingerprint density at radius 3 is 2.67 bits per heavy atom. The summed E-state index contributed by atoms with van der Waals surface area (Å²) in [6.07, 6.45) is 1.39. The zero-order valence-electron chi connectivity index (χ0n) is 12.2. The van der Waals surface area contributed by atoms with Crippen molar-refractivity contribution in [1.29, 1.82) is 0 Å². The SMILES string of the molecule is CC(C)(C)c1cc(N)n(-c2ccc3nc[nH]c(=O)c3c2)n1. The number of fused-ring (bicyclic) bond motifs is 1. The van der Waals surface area contributed by atoms with Gasteiger partial charge in [0.25, 0.3) is 5.56 Å². The van der Waals surface area contributed by atoms with E-state index in [1.54, 1.807) is 16.8 Å². The average Bonchev–Trinajstić information content (AvgIpc) is 2.81. The molecule has 1 aromatic carbocycles. The number of hydrogen-bond donors (Lipinski definition) is 2. The van der Waals surface area contributed by atoms with Crippen molar-refractivity contribution in [3.05, 3.63) is 46.6 Å². The maximum Gasteiger partial charge on any atom is 0.258 e. The van der Waals surface area contributed by atoms with Gasteiger partial charge in [0.1, 0.15) is 5.82 Å². The molecule has 0 unspecified atom stereocenters. The molecule has 0 fully saturated rings. The standard InChI is InChI=1S/C15H17N5O/c1-15(2,3)12-7-13(16)20(19-12)9-4-5-11-10(6-9)14(21)18-8-17-11/h4-8H,16H2,1-3H3,(H,17,18,21). The maximum atomic E-state index is 11.9. The first-order valence-electron chi connectivity index (χ1n) is 6.70. The van der Waals surface area contributed by atoms with Gasteiger partial charge in [0.15, 0.2) is 0 Å². The number of nitrogens with two attached hydrogens (primary N) is 1. The second-order valence-corrected chi connectivity index (χ2v) is 6.05. The second-order valence-electron chi connectivity index (χ2n) is 6.05. The molecular formula is C15H17N5O. The molecule has 0 aliphatic heterocycles. The van der Waals surface area contributed by atoms with Crippen LogP contribution in [-0.4, -0.2) is 19.7 Å². The predicted molar refractivity (Wildman–Crippen MR) is 82.6 cm³/mol. The van der Waals surface area contributed by atoms with E-state index < -0.39 is 0 Å². The fourth-order valence-electron chi connectivity index (χ4n) is 2.16. The van der Waals surface area contributed by atoms with E-state index >= 15 is 0 Å². The van der Waals surface area contributed by atoms with Crippen LogP contribution < -0.4 is 11.3 Å². The highest BCUT2D eigenvalue weighted by Gasteiger charge is 2.19. The number of anilines is 1. The highest BCUT2D eigenvalue weighted by Crippen LogP contribution is 2.25. The van der Waals surface area contributed by atoms with Crippen LogP contribution in [0.5, 0.6) is 0 Å². The molecule has 0 saturated heterocycles. The summed E-state index contributed by atoms with van der Waals surface area (Å²) in [5.74, 6) is 0.541. The van der Waals surface area contributed by atoms with Crippen molar-refractivity contribution < 1.29 is 0 Å². The Morgan fingerprint density at radius 1 is 1.24 bits per heavy atom. The molecule has 0 saturated carbocycles. The molecular weight excluding hydrogens is 266 g/mol. The van der Waals surface area contributed by atoms with Gasteiger partial charge >= 0.3 is 0 Å². The fourth-order valence-corrected chi connectivity index (χ4v) is 2.16. The molecule has 0 spiro atoms. The van der Waals surface area contributed by atoms with Gasteiger partial charge in [-0.05, 0) is 18.2 Å². The molecule has 2 aromatic heterocycles. The lowest BCUT2D eigenvalue weighted by Gasteiger charge is -2.14. The lowest BCUT2D eigenvalue weighted by Crippen LogP contribution is -2.13. The van der Waals surface area contributed by atoms with Crippen molar-refractivity contribution in [2.24, 2.45) is 0 Å². The maximum absolute atomic E-state index is 11.9. The van der Waals surface area contributed by atoms with Gasteiger partial charge in [0.05, 0.1) is 28.6 Å². The van der Waals surface area contributed by atoms with Crippen LogP contribution in [-0.2, 0) is 5.41 Å². The lowest BCUT2D eigenvalue weighted by atomic mass is 9.92. The first kappa shape index (κ1) is 13.4. The number of benzene rings is 1. The van der Waals surface area contributed by atoms with Gasteiger partial charge in [-0.2, -0.15) is 5.10 Å². The molecule has 0 aliphatic rings. The summed E-state index contributed by atoms with van der Waals surface area (Å²) >= 11 is 0. The Balaban J connectivity index is 2.19. The van der Waals surface area contributed by atoms with Crippen molar-refractivity contribution in [1.82, 2.24) is 19.7 Å². The minimum absolute atomic E-state index is 0.0880. The normalized spacial score (nSPS) is 12.0. The van der Waals surface area contributed by atoms with Gasteiger partial charge in [0.2, 0.25) is 0 Å². The van der Waals surface area contributed by atoms with Crippen molar-refractivity contribution in [2.75, 3.05) is 5.73 Å². The largest absolute Gasteiger partial charge is 0.384 e. The van der Waals surface area contributed by atoms with E-state index in [1.165, 1.54) is 6.33 Å². The summed E-state index contributed by atoms with van der Waals surface area (Å²) in [7, 11) is 0. The lowest BCUT2D eigenvalue weighted by molar-refractivity contribution is 0.560. The zero-order chi connectivity index (χ0) is 15.2. The minimum Gasteiger partial charge on any atom is -0.384 e. The number of hydrogen-bond acceptors (Lipinski definition) is 4. The molecule has 2 heterocycles. The van der Waals surface area contributed by atoms with E-state index in [-0.39, 0.29) is 11.0 Å². The molecule has 6 heteroatoms. The number of rotatable bonds is 1. The third kappa shape index (κ3) is 2.29. The monoisotopic (exact) mass is 283 g/mol. The second kappa shape index (κ2) is 4.44. The molecule has 21 heavy (non-hydrogen) atoms. The number of aromatic amines is 1. The van der Waals surface area contributed by atoms with Crippen LogP contribution in [0.25, 0.3) is 16.6 Å². The van der Waals surface area contributed by atoms with Crippen LogP contribution in [0, 0.1) is 0 Å². The smallest absolute Gasteiger partial charge is 0.258 e. The van der Waals surface area contributed by atoms with Crippen LogP contribution in [0.3, 0.4) is 0 Å². The summed E-state index contributed by atoms with van der Waals surface area (Å²) in [6, 6.07) is 7.25. The van der Waals surface area contributed by atoms with E-state index in [0.29, 0.717) is 16.7 Å². The molecule has 3 N–H and O–H groups in total. The fraction of sp³-hybridized carbons (Fsp3) is 0.267. The number of nitrogens with one attached hydrogen (secondary N) is 1. The first-order valence-corrected chi connectivity index (χ1v) is 6.70. The molecule has 0 atom stereocenters. The molecule has 0 bridgehead atoms. The Hall–Kier alpha value is -2.63. The van der Waals surface area contributed by atoms with Crippen LogP contribution in [0.4, 0.5) is 5.82 Å². The Morgan fingerprint density at radius 2 is 2.00 bits per heavy atom. The predicted octanol–water partition coefficient (Wildman–Crippen LogP) is 1.99. The van der Waals surface area contributed by atoms with Crippen molar-refractivity contribution >= 4 is 16.7 Å². The molecule has 0 aliphatic carbocycles. The van der Waals surface area contributed by atoms with Gasteiger partial charge in [-0.15, -0.1) is 0 Å². The van der Waals surface area contributed by atoms with E-state index in [4.69, 9.17) is 5.73 Å². The van der Waals surface area contributed by atoms with Gasteiger partial charge in [0, 0.05) is 11.5 Å². The van der Waals surface area contributed by atoms with Crippen LogP contribution in [0.2, 0.25) is 0 Å². The summed E-state index contributed by atoms with van der Waals surface area (Å²) < 4.78 is 1.65. The number of aromatic nitrogens is 4. The van der Waals surface area contributed by atoms with Gasteiger partial charge < -0.3 is 10.7 Å². The minimum atomic E-state index is -0.177. The highest BCUT2D eigenvalue weighted by atomic mass is 16.1. The molecule has 3 aromatic rings. The topological polar surface area (TPSA) is 89.6 Å². The molecule has 3 rings (SSSR count). The van der Waals surface area contributed by atoms with Crippen molar-refractivity contribution in [3.8, 4) is 5.69 Å². The third-order valence-electron chi connectivity index (χ3n) is 3.37. The van der Waals surface area contributed by atoms with Crippen LogP contribution in [0.1, 0.15) is 26.5 Å². The van der Waals surface area contributed by atoms with Gasteiger partial charge in [-0.3, -0.25) is 4.79 Å². The molecule has 6 nitrogen and oxygen atoms in total. The quantitative estimate of drug-likeness (QED) is 0.714. The zero-order valence-corrected chi connectivity index (χ0v) is 12.2. The molecule has 108 valence electrons. The summed E-state index contributed by atoms with van der Waals surface area (Å²) in [5, 5.41) is 5.06. The number of nitrogen functional groups attached to an aromatic ring is 1. The van der Waals surface area contributed by atoms with E-state index in [1.807, 2.05) is 12.1 Å². The highest BCUT2D eigenvalue weighted by molar-refractivity contribution is 5.79. The van der Waals surface area contributed by atoms with E-state index in [0.717, 1.165) is 11.4 Å². The Bertz CT molecular complexity index is 870. The van der Waals surface area contributed by atoms with Crippen molar-refractivity contribution in [3.63, 3.8) is 0 Å². The average molecular weight is 283 g/mol. The molecule has 0 radical (unpaired) electrons. The molecule has 0 amide bonds. The number of nitrogens with zero attached hydrogens (tertiary/aromatic N) is 3. The summed E-state index contributed by atoms with van der Waals surface area (Å²) in [5.41, 5.74) is 8.08. The summed E-state index contributed by atoms with van der Waals surface area (Å²) in [4.78, 5) is 18.6. The van der Waals surface area contributed by atoms with Crippen molar-refractivity contribution in [2.45, 2.75) is 26.2 Å².